The van der Waals surface area contributed by atoms with Gasteiger partial charge in [-0.3, -0.25) is 0 Å². The van der Waals surface area contributed by atoms with Crippen molar-refractivity contribution in [1.82, 2.24) is 0 Å². The van der Waals surface area contributed by atoms with Crippen molar-refractivity contribution >= 4 is 86.2 Å². The molecule has 0 radical (unpaired) electrons. The third kappa shape index (κ3) is 21.3. The monoisotopic (exact) mass is 1130 g/mol. The molecule has 0 saturated heterocycles. The molecule has 0 atom stereocenters. The first-order valence-electron chi connectivity index (χ1n) is 31.7. The van der Waals surface area contributed by atoms with Gasteiger partial charge in [-0.15, -0.1) is 0 Å². The highest BCUT2D eigenvalue weighted by Crippen LogP contribution is 2.28. The number of aryl methyl sites for hydroxylation is 6. The minimum absolute atomic E-state index is 1.31. The summed E-state index contributed by atoms with van der Waals surface area (Å²) in [5.41, 5.74) is 8.04. The SMILES string of the molecule is CC.CC.CC.CC.CC.CC.Cc1c2ccccc2cc2ccccc12.Cc1ccc2cc3ccccc3cc2c1.Cc1ccc2ccccc2c1.Cc1cccc2cc3ccccc3cc12.Cc1cccc2ccccc12.Cc1ccccc1. The molecule has 86 heavy (non-hydrogen) atoms. The molecule has 0 aliphatic carbocycles. The summed E-state index contributed by atoms with van der Waals surface area (Å²) in [5, 5.41) is 21.3. The number of hydrogen-bond acceptors (Lipinski definition) is 0. The first-order valence-corrected chi connectivity index (χ1v) is 31.7. The van der Waals surface area contributed by atoms with E-state index >= 15 is 0 Å². The van der Waals surface area contributed by atoms with Crippen molar-refractivity contribution in [1.29, 1.82) is 0 Å². The lowest BCUT2D eigenvalue weighted by Gasteiger charge is -2.06. The van der Waals surface area contributed by atoms with Crippen LogP contribution in [-0.4, -0.2) is 0 Å². The van der Waals surface area contributed by atoms with Crippen molar-refractivity contribution in [3.63, 3.8) is 0 Å². The van der Waals surface area contributed by atoms with Gasteiger partial charge in [0, 0.05) is 0 Å². The summed E-state index contributed by atoms with van der Waals surface area (Å²) in [6.45, 7) is 36.8. The molecule has 14 aromatic rings. The molecule has 0 bridgehead atoms. The molecule has 0 spiro atoms. The number of hydrogen-bond donors (Lipinski definition) is 0. The number of benzene rings is 14. The van der Waals surface area contributed by atoms with E-state index in [-0.39, 0.29) is 0 Å². The highest BCUT2D eigenvalue weighted by Gasteiger charge is 2.03. The van der Waals surface area contributed by atoms with Crippen molar-refractivity contribution < 1.29 is 0 Å². The van der Waals surface area contributed by atoms with Gasteiger partial charge in [0.15, 0.2) is 0 Å². The Morgan fingerprint density at radius 2 is 0.430 bits per heavy atom. The first-order chi connectivity index (χ1) is 42.2. The Kier molecular flexibility index (Phi) is 33.6. The maximum atomic E-state index is 2.28. The second-order valence-electron chi connectivity index (χ2n) is 19.3. The molecule has 0 aliphatic rings. The lowest BCUT2D eigenvalue weighted by Crippen LogP contribution is -1.81. The number of rotatable bonds is 0. The molecular formula is C86H100. The number of fused-ring (bicyclic) bond motifs is 8. The Labute approximate surface area is 520 Å². The van der Waals surface area contributed by atoms with Gasteiger partial charge in [-0.1, -0.05) is 348 Å². The fraction of sp³-hybridized carbons (Fsp3) is 0.209. The molecule has 444 valence electrons. The summed E-state index contributed by atoms with van der Waals surface area (Å²) in [5.74, 6) is 0. The molecule has 0 heteroatoms. The summed E-state index contributed by atoms with van der Waals surface area (Å²) >= 11 is 0. The van der Waals surface area contributed by atoms with E-state index in [9.17, 15) is 0 Å². The minimum Gasteiger partial charge on any atom is -0.0683 e. The second-order valence-corrected chi connectivity index (χ2v) is 19.3. The van der Waals surface area contributed by atoms with Crippen LogP contribution in [0, 0.1) is 41.5 Å². The third-order valence-electron chi connectivity index (χ3n) is 13.7. The predicted octanol–water partition coefficient (Wildman–Crippen LogP) is 27.4. The zero-order valence-corrected chi connectivity index (χ0v) is 55.6. The predicted molar refractivity (Wildman–Crippen MR) is 395 cm³/mol. The molecule has 0 unspecified atom stereocenters. The first kappa shape index (κ1) is 71.4. The lowest BCUT2D eigenvalue weighted by molar-refractivity contribution is 1.48. The Morgan fingerprint density at radius 1 is 0.151 bits per heavy atom. The highest BCUT2D eigenvalue weighted by molar-refractivity contribution is 6.02. The normalized spacial score (nSPS) is 9.51. The molecule has 14 aromatic carbocycles. The van der Waals surface area contributed by atoms with Crippen LogP contribution >= 0.6 is 0 Å². The van der Waals surface area contributed by atoms with Gasteiger partial charge < -0.3 is 0 Å². The molecule has 0 heterocycles. The van der Waals surface area contributed by atoms with Crippen molar-refractivity contribution in [2.75, 3.05) is 0 Å². The average molecular weight is 1130 g/mol. The third-order valence-corrected chi connectivity index (χ3v) is 13.7. The molecule has 14 rings (SSSR count). The quantitative estimate of drug-likeness (QED) is 0.133. The second kappa shape index (κ2) is 40.4. The van der Waals surface area contributed by atoms with Gasteiger partial charge in [-0.05, 0) is 175 Å². The molecule has 0 saturated carbocycles. The Balaban J connectivity index is 0.000000264. The van der Waals surface area contributed by atoms with Crippen LogP contribution in [0.2, 0.25) is 0 Å². The van der Waals surface area contributed by atoms with Crippen LogP contribution in [0.3, 0.4) is 0 Å². The van der Waals surface area contributed by atoms with Crippen LogP contribution in [0.4, 0.5) is 0 Å². The standard InChI is InChI=1S/3C15H12.2C11H10.C7H8.6C2H6/c1-11-14-8-4-2-6-12(14)10-13-7-3-5-9-15(11)13;1-11-5-4-8-14-9-12-6-2-3-7-13(12)10-15(11)14;1-11-6-7-14-9-12-4-2-3-5-13(12)10-15(14)8-11;1-9-5-4-7-10-6-2-3-8-11(9)10;1-9-6-7-10-4-2-3-5-11(10)8-9;1-7-5-3-2-4-6-7;6*1-2/h3*2-10H,1H3;2*2-8H,1H3;2-6H,1H3;6*1-2H3. The molecule has 0 nitrogen and oxygen atoms in total. The van der Waals surface area contributed by atoms with Crippen LogP contribution in [-0.2, 0) is 0 Å². The van der Waals surface area contributed by atoms with E-state index < -0.39 is 0 Å². The lowest BCUT2D eigenvalue weighted by atomic mass is 9.98. The van der Waals surface area contributed by atoms with Crippen LogP contribution in [0.5, 0.6) is 0 Å². The van der Waals surface area contributed by atoms with E-state index in [0.29, 0.717) is 0 Å². The zero-order valence-electron chi connectivity index (χ0n) is 55.6. The average Bonchev–Trinajstić information content (AvgIpc) is 1.72. The summed E-state index contributed by atoms with van der Waals surface area (Å²) in [6, 6.07) is 98.5. The summed E-state index contributed by atoms with van der Waals surface area (Å²) in [6.07, 6.45) is 0. The molecule has 0 N–H and O–H groups in total. The Hall–Kier alpha value is -8.84. The smallest absolute Gasteiger partial charge is 0.0148 e. The summed E-state index contributed by atoms with van der Waals surface area (Å²) in [4.78, 5) is 0. The topological polar surface area (TPSA) is 0 Å². The summed E-state index contributed by atoms with van der Waals surface area (Å²) < 4.78 is 0. The van der Waals surface area contributed by atoms with Crippen LogP contribution in [0.25, 0.3) is 86.2 Å². The molecule has 0 fully saturated rings. The summed E-state index contributed by atoms with van der Waals surface area (Å²) in [7, 11) is 0. The molecule has 0 aliphatic heterocycles. The maximum Gasteiger partial charge on any atom is -0.0148 e. The molecule has 0 amide bonds. The molecule has 0 aromatic heterocycles. The largest absolute Gasteiger partial charge is 0.0683 e. The van der Waals surface area contributed by atoms with Gasteiger partial charge in [0.1, 0.15) is 0 Å². The van der Waals surface area contributed by atoms with Gasteiger partial charge in [0.05, 0.1) is 0 Å². The zero-order chi connectivity index (χ0) is 63.2. The van der Waals surface area contributed by atoms with Gasteiger partial charge in [-0.25, -0.2) is 0 Å². The van der Waals surface area contributed by atoms with E-state index in [2.05, 4.69) is 302 Å². The van der Waals surface area contributed by atoms with Gasteiger partial charge in [-0.2, -0.15) is 0 Å². The van der Waals surface area contributed by atoms with Crippen molar-refractivity contribution in [3.05, 3.63) is 312 Å². The molecular weight excluding hydrogens is 1030 g/mol. The van der Waals surface area contributed by atoms with Crippen molar-refractivity contribution in [2.24, 2.45) is 0 Å². The van der Waals surface area contributed by atoms with Crippen LogP contribution in [0.15, 0.2) is 279 Å². The van der Waals surface area contributed by atoms with E-state index in [1.54, 1.807) is 0 Å². The maximum absolute atomic E-state index is 2.28. The van der Waals surface area contributed by atoms with Crippen LogP contribution in [0.1, 0.15) is 116 Å². The van der Waals surface area contributed by atoms with E-state index in [0.717, 1.165) is 0 Å². The Bertz CT molecular complexity index is 4040. The fourth-order valence-electron chi connectivity index (χ4n) is 9.65. The van der Waals surface area contributed by atoms with Crippen molar-refractivity contribution in [2.45, 2.75) is 125 Å². The fourth-order valence-corrected chi connectivity index (χ4v) is 9.65. The highest BCUT2D eigenvalue weighted by atomic mass is 14.1. The minimum atomic E-state index is 1.31. The Morgan fingerprint density at radius 3 is 0.884 bits per heavy atom. The van der Waals surface area contributed by atoms with Gasteiger partial charge >= 0.3 is 0 Å². The van der Waals surface area contributed by atoms with E-state index in [1.807, 2.05) is 101 Å². The van der Waals surface area contributed by atoms with E-state index in [1.165, 1.54) is 120 Å². The van der Waals surface area contributed by atoms with Gasteiger partial charge in [0.25, 0.3) is 0 Å². The van der Waals surface area contributed by atoms with E-state index in [4.69, 9.17) is 0 Å². The van der Waals surface area contributed by atoms with Crippen molar-refractivity contribution in [3.8, 4) is 0 Å². The van der Waals surface area contributed by atoms with Gasteiger partial charge in [0.2, 0.25) is 0 Å². The van der Waals surface area contributed by atoms with Crippen LogP contribution < -0.4 is 0 Å².